The van der Waals surface area contributed by atoms with Crippen molar-refractivity contribution in [1.29, 1.82) is 0 Å². The smallest absolute Gasteiger partial charge is 0.317 e. The molecule has 0 aliphatic carbocycles. The lowest BCUT2D eigenvalue weighted by Gasteiger charge is -2.15. The van der Waals surface area contributed by atoms with E-state index in [1.165, 1.54) is 11.3 Å². The van der Waals surface area contributed by atoms with Crippen LogP contribution in [0.5, 0.6) is 0 Å². The van der Waals surface area contributed by atoms with Gasteiger partial charge in [0.05, 0.1) is 13.2 Å². The number of carbonyl (C=O) groups excluding carboxylic acids is 1. The fourth-order valence-electron chi connectivity index (χ4n) is 1.98. The van der Waals surface area contributed by atoms with Crippen LogP contribution in [0.4, 0.5) is 0 Å². The van der Waals surface area contributed by atoms with Gasteiger partial charge in [0.2, 0.25) is 0 Å². The summed E-state index contributed by atoms with van der Waals surface area (Å²) in [6, 6.07) is 0. The largest absolute Gasteiger partial charge is 0.465 e. The van der Waals surface area contributed by atoms with Crippen molar-refractivity contribution in [2.24, 2.45) is 5.92 Å². The Kier molecular flexibility index (Phi) is 5.00. The Morgan fingerprint density at radius 2 is 2.19 bits per heavy atom. The van der Waals surface area contributed by atoms with Crippen molar-refractivity contribution >= 4 is 17.3 Å². The molecule has 0 spiro atoms. The normalized spacial score (nSPS) is 12.6. The van der Waals surface area contributed by atoms with Crippen molar-refractivity contribution in [2.45, 2.75) is 40.2 Å². The Morgan fingerprint density at radius 3 is 2.76 bits per heavy atom. The third-order valence-corrected chi connectivity index (χ3v) is 3.73. The molecule has 1 unspecified atom stereocenters. The van der Waals surface area contributed by atoms with Gasteiger partial charge in [-0.15, -0.1) is 10.2 Å². The highest BCUT2D eigenvalue weighted by Crippen LogP contribution is 2.23. The van der Waals surface area contributed by atoms with E-state index >= 15 is 0 Å². The second-order valence-corrected chi connectivity index (χ2v) is 6.26. The van der Waals surface area contributed by atoms with E-state index in [9.17, 15) is 4.79 Å². The van der Waals surface area contributed by atoms with Gasteiger partial charge in [-0.25, -0.2) is 9.67 Å². The van der Waals surface area contributed by atoms with Crippen LogP contribution in [0.3, 0.4) is 0 Å². The van der Waals surface area contributed by atoms with E-state index in [0.717, 1.165) is 10.0 Å². The van der Waals surface area contributed by atoms with Crippen LogP contribution in [0.2, 0.25) is 0 Å². The van der Waals surface area contributed by atoms with Crippen LogP contribution in [0, 0.1) is 12.8 Å². The average Bonchev–Trinajstić information content (AvgIpc) is 3.00. The highest BCUT2D eigenvalue weighted by Gasteiger charge is 2.29. The van der Waals surface area contributed by atoms with E-state index < -0.39 is 5.92 Å². The molecule has 0 N–H and O–H groups in total. The molecule has 0 amide bonds. The minimum Gasteiger partial charge on any atom is -0.465 e. The summed E-state index contributed by atoms with van der Waals surface area (Å²) in [5.74, 6) is -0.160. The van der Waals surface area contributed by atoms with Gasteiger partial charge in [-0.3, -0.25) is 4.79 Å². The first-order valence-electron chi connectivity index (χ1n) is 6.86. The first kappa shape index (κ1) is 15.6. The Morgan fingerprint density at radius 1 is 1.43 bits per heavy atom. The molecular formula is C13H19N5O2S. The molecule has 0 radical (unpaired) electrons. The van der Waals surface area contributed by atoms with Gasteiger partial charge in [0, 0.05) is 0 Å². The number of hydrogen-bond donors (Lipinski definition) is 0. The molecular weight excluding hydrogens is 290 g/mol. The lowest BCUT2D eigenvalue weighted by atomic mass is 9.95. The third-order valence-electron chi connectivity index (χ3n) is 2.90. The van der Waals surface area contributed by atoms with Gasteiger partial charge >= 0.3 is 5.97 Å². The van der Waals surface area contributed by atoms with Gasteiger partial charge in [0.1, 0.15) is 22.3 Å². The molecule has 21 heavy (non-hydrogen) atoms. The topological polar surface area (TPSA) is 82.8 Å². The minimum atomic E-state index is -0.442. The molecule has 0 aliphatic heterocycles. The van der Waals surface area contributed by atoms with Crippen LogP contribution in [-0.4, -0.2) is 37.5 Å². The molecule has 8 heteroatoms. The molecule has 0 aromatic carbocycles. The molecule has 7 nitrogen and oxygen atoms in total. The third kappa shape index (κ3) is 3.84. The summed E-state index contributed by atoms with van der Waals surface area (Å²) in [5, 5.41) is 14.2. The quantitative estimate of drug-likeness (QED) is 0.757. The van der Waals surface area contributed by atoms with E-state index in [1.54, 1.807) is 17.9 Å². The first-order valence-corrected chi connectivity index (χ1v) is 7.67. The second-order valence-electron chi connectivity index (χ2n) is 4.99. The summed E-state index contributed by atoms with van der Waals surface area (Å²) < 4.78 is 6.77. The SMILES string of the molecule is CCOC(=O)C(c1ncn(Cc2nnc(C)s2)n1)C(C)C. The number of aromatic nitrogens is 5. The molecule has 2 aromatic heterocycles. The standard InChI is InChI=1S/C13H19N5O2S/c1-5-20-13(19)11(8(2)3)12-14-7-18(17-12)6-10-16-15-9(4)21-10/h7-8,11H,5-6H2,1-4H3. The highest BCUT2D eigenvalue weighted by molar-refractivity contribution is 7.11. The minimum absolute atomic E-state index is 0.0728. The summed E-state index contributed by atoms with van der Waals surface area (Å²) >= 11 is 1.52. The van der Waals surface area contributed by atoms with E-state index in [1.807, 2.05) is 20.8 Å². The predicted molar refractivity (Wildman–Crippen MR) is 78.0 cm³/mol. The van der Waals surface area contributed by atoms with Gasteiger partial charge in [0.25, 0.3) is 0 Å². The summed E-state index contributed by atoms with van der Waals surface area (Å²) in [6.07, 6.45) is 1.61. The Labute approximate surface area is 127 Å². The van der Waals surface area contributed by atoms with Gasteiger partial charge in [-0.1, -0.05) is 25.2 Å². The van der Waals surface area contributed by atoms with Crippen LogP contribution in [0.1, 0.15) is 42.5 Å². The zero-order valence-corrected chi connectivity index (χ0v) is 13.4. The monoisotopic (exact) mass is 309 g/mol. The van der Waals surface area contributed by atoms with E-state index in [0.29, 0.717) is 19.0 Å². The molecule has 0 saturated carbocycles. The molecule has 0 bridgehead atoms. The molecule has 0 fully saturated rings. The Hall–Kier alpha value is -1.83. The maximum absolute atomic E-state index is 12.0. The van der Waals surface area contributed by atoms with Crippen LogP contribution in [0.15, 0.2) is 6.33 Å². The van der Waals surface area contributed by atoms with Crippen molar-refractivity contribution < 1.29 is 9.53 Å². The van der Waals surface area contributed by atoms with Gasteiger partial charge in [-0.2, -0.15) is 5.10 Å². The second kappa shape index (κ2) is 6.75. The molecule has 2 rings (SSSR count). The molecule has 1 atom stereocenters. The number of aryl methyl sites for hydroxylation is 1. The number of ether oxygens (including phenoxy) is 1. The van der Waals surface area contributed by atoms with Gasteiger partial charge < -0.3 is 4.74 Å². The Balaban J connectivity index is 2.14. The number of nitrogens with zero attached hydrogens (tertiary/aromatic N) is 5. The van der Waals surface area contributed by atoms with Crippen LogP contribution in [0.25, 0.3) is 0 Å². The maximum atomic E-state index is 12.0. The zero-order chi connectivity index (χ0) is 15.4. The van der Waals surface area contributed by atoms with Gasteiger partial charge in [0.15, 0.2) is 5.82 Å². The van der Waals surface area contributed by atoms with E-state index in [2.05, 4.69) is 20.3 Å². The van der Waals surface area contributed by atoms with Crippen molar-refractivity contribution in [3.63, 3.8) is 0 Å². The lowest BCUT2D eigenvalue weighted by molar-refractivity contribution is -0.146. The summed E-state index contributed by atoms with van der Waals surface area (Å²) in [5.41, 5.74) is 0. The molecule has 2 heterocycles. The molecule has 0 saturated heterocycles. The predicted octanol–water partition coefficient (Wildman–Crippen LogP) is 1.79. The van der Waals surface area contributed by atoms with Crippen molar-refractivity contribution in [2.75, 3.05) is 6.61 Å². The Bertz CT molecular complexity index is 607. The number of esters is 1. The number of hydrogen-bond acceptors (Lipinski definition) is 7. The van der Waals surface area contributed by atoms with Crippen LogP contribution in [-0.2, 0) is 16.1 Å². The number of rotatable bonds is 6. The average molecular weight is 309 g/mol. The van der Waals surface area contributed by atoms with Crippen LogP contribution >= 0.6 is 11.3 Å². The van der Waals surface area contributed by atoms with Crippen molar-refractivity contribution in [3.8, 4) is 0 Å². The number of carbonyl (C=O) groups is 1. The van der Waals surface area contributed by atoms with E-state index in [-0.39, 0.29) is 11.9 Å². The first-order chi connectivity index (χ1) is 10.0. The zero-order valence-electron chi connectivity index (χ0n) is 12.6. The summed E-state index contributed by atoms with van der Waals surface area (Å²) in [4.78, 5) is 16.3. The fraction of sp³-hybridized carbons (Fsp3) is 0.615. The van der Waals surface area contributed by atoms with Crippen molar-refractivity contribution in [1.82, 2.24) is 25.0 Å². The summed E-state index contributed by atoms with van der Waals surface area (Å²) in [6.45, 7) is 8.47. The fourth-order valence-corrected chi connectivity index (χ4v) is 2.68. The van der Waals surface area contributed by atoms with Gasteiger partial charge in [-0.05, 0) is 19.8 Å². The molecule has 2 aromatic rings. The lowest BCUT2D eigenvalue weighted by Crippen LogP contribution is -2.22. The van der Waals surface area contributed by atoms with Crippen LogP contribution < -0.4 is 0 Å². The van der Waals surface area contributed by atoms with E-state index in [4.69, 9.17) is 4.74 Å². The maximum Gasteiger partial charge on any atom is 0.317 e. The summed E-state index contributed by atoms with van der Waals surface area (Å²) in [7, 11) is 0. The molecule has 114 valence electrons. The molecule has 0 aliphatic rings. The highest BCUT2D eigenvalue weighted by atomic mass is 32.1. The van der Waals surface area contributed by atoms with Crippen molar-refractivity contribution in [3.05, 3.63) is 22.2 Å².